The summed E-state index contributed by atoms with van der Waals surface area (Å²) in [5.74, 6) is -8.56. The maximum absolute atomic E-state index is 12.5. The van der Waals surface area contributed by atoms with Gasteiger partial charge >= 0.3 is 23.9 Å². The maximum atomic E-state index is 12.5. The number of hydrogen-bond acceptors (Lipinski definition) is 10. The van der Waals surface area contributed by atoms with Gasteiger partial charge in [-0.2, -0.15) is 0 Å². The molecule has 0 saturated carbocycles. The topological polar surface area (TPSA) is 303 Å². The molecular weight excluding hydrogens is 712 g/mol. The van der Waals surface area contributed by atoms with Crippen LogP contribution in [-0.2, 0) is 43.2 Å². The van der Waals surface area contributed by atoms with Crippen molar-refractivity contribution in [1.29, 1.82) is 0 Å². The van der Waals surface area contributed by atoms with E-state index in [0.717, 1.165) is 51.4 Å². The Labute approximate surface area is 314 Å². The van der Waals surface area contributed by atoms with Crippen LogP contribution in [0.3, 0.4) is 0 Å². The molecule has 0 saturated heterocycles. The SMILES string of the molecule is C=C(O)[C@H](CCC(C)=O)NC(=O)CC[C@H](NC(=O)CC[C@H](NC(=O)CC[C@H](NC(=O)CCCCCCCCCCCCC(=O)O)C(=O)O)C(=O)O)C(=O)O. The maximum Gasteiger partial charge on any atom is 0.326 e. The van der Waals surface area contributed by atoms with E-state index in [1.54, 1.807) is 0 Å². The number of aliphatic hydroxyl groups is 1. The Bertz CT molecular complexity index is 1290. The van der Waals surface area contributed by atoms with Crippen LogP contribution in [0, 0.1) is 0 Å². The molecule has 0 fully saturated rings. The molecule has 0 aromatic rings. The second-order valence-electron chi connectivity index (χ2n) is 13.3. The minimum absolute atomic E-state index is 0.0579. The van der Waals surface area contributed by atoms with E-state index in [0.29, 0.717) is 12.8 Å². The number of carbonyl (C=O) groups excluding carboxylic acids is 5. The van der Waals surface area contributed by atoms with Gasteiger partial charge in [0.05, 0.1) is 6.04 Å². The van der Waals surface area contributed by atoms with E-state index in [4.69, 9.17) is 5.11 Å². The van der Waals surface area contributed by atoms with Crippen LogP contribution < -0.4 is 21.3 Å². The van der Waals surface area contributed by atoms with Gasteiger partial charge in [0.2, 0.25) is 23.6 Å². The van der Waals surface area contributed by atoms with Crippen molar-refractivity contribution in [3.8, 4) is 0 Å². The fourth-order valence-electron chi connectivity index (χ4n) is 5.31. The fourth-order valence-corrected chi connectivity index (χ4v) is 5.31. The van der Waals surface area contributed by atoms with E-state index in [1.165, 1.54) is 6.92 Å². The van der Waals surface area contributed by atoms with Crippen molar-refractivity contribution in [2.45, 2.75) is 160 Å². The molecule has 4 atom stereocenters. The highest BCUT2D eigenvalue weighted by Gasteiger charge is 2.26. The summed E-state index contributed by atoms with van der Waals surface area (Å²) >= 11 is 0. The number of nitrogens with one attached hydrogen (secondary N) is 4. The Balaban J connectivity index is 4.61. The lowest BCUT2D eigenvalue weighted by Gasteiger charge is -2.19. The van der Waals surface area contributed by atoms with Crippen molar-refractivity contribution in [3.63, 3.8) is 0 Å². The molecule has 18 heteroatoms. The van der Waals surface area contributed by atoms with Crippen LogP contribution in [0.15, 0.2) is 12.3 Å². The van der Waals surface area contributed by atoms with E-state index in [9.17, 15) is 63.6 Å². The summed E-state index contributed by atoms with van der Waals surface area (Å²) in [7, 11) is 0. The molecule has 0 bridgehead atoms. The first-order valence-electron chi connectivity index (χ1n) is 18.4. The number of aliphatic carboxylic acids is 4. The second kappa shape index (κ2) is 28.5. The molecule has 0 aliphatic rings. The molecule has 9 N–H and O–H groups in total. The third kappa shape index (κ3) is 25.8. The second-order valence-corrected chi connectivity index (χ2v) is 13.3. The van der Waals surface area contributed by atoms with Gasteiger partial charge in [0.1, 0.15) is 29.7 Å². The molecule has 0 aromatic heterocycles. The number of carboxylic acids is 4. The minimum atomic E-state index is -1.57. The first-order chi connectivity index (χ1) is 25.4. The highest BCUT2D eigenvalue weighted by Crippen LogP contribution is 2.13. The standard InChI is InChI=1S/C36H58N4O14/c1-23(41)15-16-25(24(2)42)37-30(44)20-17-27(35(51)52)39-32(46)22-19-28(36(53)54)40-31(45)21-18-26(34(49)50)38-29(43)13-11-9-7-5-3-4-6-8-10-12-14-33(47)48/h25-28,42H,2-22H2,1H3,(H,37,44)(H,38,43)(H,39,46)(H,40,45)(H,47,48)(H,49,50)(H,51,52)(H,53,54)/t25-,26-,27-,28-/m0/s1. The molecule has 0 spiro atoms. The highest BCUT2D eigenvalue weighted by molar-refractivity contribution is 5.87. The van der Waals surface area contributed by atoms with Gasteiger partial charge in [-0.3, -0.25) is 24.0 Å². The Morgan fingerprint density at radius 3 is 0.981 bits per heavy atom. The summed E-state index contributed by atoms with van der Waals surface area (Å²) < 4.78 is 0. The molecule has 18 nitrogen and oxygen atoms in total. The molecule has 0 aliphatic heterocycles. The molecule has 0 radical (unpaired) electrons. The summed E-state index contributed by atoms with van der Waals surface area (Å²) in [6, 6.07) is -5.42. The van der Waals surface area contributed by atoms with Crippen LogP contribution in [0.2, 0.25) is 0 Å². The highest BCUT2D eigenvalue weighted by atomic mass is 16.4. The number of aliphatic hydroxyl groups excluding tert-OH is 1. The van der Waals surface area contributed by atoms with Crippen LogP contribution in [0.1, 0.15) is 135 Å². The van der Waals surface area contributed by atoms with Crippen LogP contribution in [0.25, 0.3) is 0 Å². The van der Waals surface area contributed by atoms with Crippen LogP contribution in [0.5, 0.6) is 0 Å². The van der Waals surface area contributed by atoms with Gasteiger partial charge in [0.15, 0.2) is 0 Å². The number of carboxylic acid groups (broad SMARTS) is 4. The molecule has 0 aliphatic carbocycles. The number of amides is 4. The van der Waals surface area contributed by atoms with E-state index in [2.05, 4.69) is 27.8 Å². The number of Topliss-reactive ketones (excluding diaryl/α,β-unsaturated/α-hetero) is 1. The minimum Gasteiger partial charge on any atom is -0.511 e. The first-order valence-corrected chi connectivity index (χ1v) is 18.4. The van der Waals surface area contributed by atoms with Crippen molar-refractivity contribution in [2.75, 3.05) is 0 Å². The van der Waals surface area contributed by atoms with Crippen molar-refractivity contribution in [2.24, 2.45) is 0 Å². The number of rotatable bonds is 33. The average molecular weight is 771 g/mol. The van der Waals surface area contributed by atoms with Crippen LogP contribution in [0.4, 0.5) is 0 Å². The lowest BCUT2D eigenvalue weighted by Crippen LogP contribution is -2.45. The van der Waals surface area contributed by atoms with Crippen molar-refractivity contribution in [1.82, 2.24) is 21.3 Å². The number of unbranched alkanes of at least 4 members (excludes halogenated alkanes) is 9. The zero-order valence-electron chi connectivity index (χ0n) is 31.1. The van der Waals surface area contributed by atoms with Gasteiger partial charge in [-0.1, -0.05) is 57.9 Å². The molecule has 0 heterocycles. The average Bonchev–Trinajstić information content (AvgIpc) is 3.08. The summed E-state index contributed by atoms with van der Waals surface area (Å²) in [5, 5.41) is 56.0. The Morgan fingerprint density at radius 1 is 0.407 bits per heavy atom. The third-order valence-corrected chi connectivity index (χ3v) is 8.45. The van der Waals surface area contributed by atoms with E-state index in [-0.39, 0.29) is 56.5 Å². The molecule has 0 aromatic carbocycles. The Morgan fingerprint density at radius 2 is 0.685 bits per heavy atom. The quantitative estimate of drug-likeness (QED) is 0.0343. The van der Waals surface area contributed by atoms with Gasteiger partial charge in [-0.15, -0.1) is 0 Å². The number of hydrogen-bond donors (Lipinski definition) is 9. The molecule has 54 heavy (non-hydrogen) atoms. The lowest BCUT2D eigenvalue weighted by atomic mass is 10.0. The van der Waals surface area contributed by atoms with Crippen molar-refractivity contribution < 1.29 is 68.7 Å². The largest absolute Gasteiger partial charge is 0.511 e. The first kappa shape index (κ1) is 49.0. The van der Waals surface area contributed by atoms with Gasteiger partial charge in [-0.25, -0.2) is 14.4 Å². The summed E-state index contributed by atoms with van der Waals surface area (Å²) in [6.07, 6.45) is 6.91. The van der Waals surface area contributed by atoms with Crippen LogP contribution >= 0.6 is 0 Å². The van der Waals surface area contributed by atoms with Gasteiger partial charge < -0.3 is 51.6 Å². The fraction of sp³-hybridized carbons (Fsp3) is 0.694. The lowest BCUT2D eigenvalue weighted by molar-refractivity contribution is -0.144. The molecule has 306 valence electrons. The van der Waals surface area contributed by atoms with Crippen molar-refractivity contribution >= 4 is 53.3 Å². The Hall–Kier alpha value is -5.03. The Kier molecular flexibility index (Phi) is 25.8. The number of ketones is 1. The zero-order valence-corrected chi connectivity index (χ0v) is 31.1. The monoisotopic (exact) mass is 770 g/mol. The summed E-state index contributed by atoms with van der Waals surface area (Å²) in [4.78, 5) is 106. The predicted molar refractivity (Wildman–Crippen MR) is 193 cm³/mol. The number of carbonyl (C=O) groups is 9. The van der Waals surface area contributed by atoms with Gasteiger partial charge in [0, 0.05) is 38.5 Å². The predicted octanol–water partition coefficient (Wildman–Crippen LogP) is 2.73. The zero-order chi connectivity index (χ0) is 41.1. The molecule has 0 rings (SSSR count). The molecule has 4 amide bonds. The van der Waals surface area contributed by atoms with Gasteiger partial charge in [0.25, 0.3) is 0 Å². The summed E-state index contributed by atoms with van der Waals surface area (Å²) in [6.45, 7) is 4.67. The van der Waals surface area contributed by atoms with E-state index >= 15 is 0 Å². The van der Waals surface area contributed by atoms with Crippen LogP contribution in [-0.4, -0.2) is 103 Å². The van der Waals surface area contributed by atoms with E-state index < -0.39 is 90.9 Å². The smallest absolute Gasteiger partial charge is 0.326 e. The normalized spacial score (nSPS) is 13.0. The van der Waals surface area contributed by atoms with Crippen molar-refractivity contribution in [3.05, 3.63) is 12.3 Å². The van der Waals surface area contributed by atoms with E-state index in [1.807, 2.05) is 0 Å². The summed E-state index contributed by atoms with van der Waals surface area (Å²) in [5.41, 5.74) is 0. The third-order valence-electron chi connectivity index (χ3n) is 8.45. The molecule has 0 unspecified atom stereocenters. The molecular formula is C36H58N4O14. The van der Waals surface area contributed by atoms with Gasteiger partial charge in [-0.05, 0) is 45.4 Å².